The van der Waals surface area contributed by atoms with E-state index in [2.05, 4.69) is 0 Å². The van der Waals surface area contributed by atoms with Gasteiger partial charge in [-0.15, -0.1) is 0 Å². The lowest BCUT2D eigenvalue weighted by molar-refractivity contribution is -0.141. The highest BCUT2D eigenvalue weighted by atomic mass is 16.5. The Morgan fingerprint density at radius 2 is 1.74 bits per heavy atom. The van der Waals surface area contributed by atoms with Crippen LogP contribution in [0.3, 0.4) is 0 Å². The van der Waals surface area contributed by atoms with Crippen LogP contribution in [0.5, 0.6) is 23.0 Å². The lowest BCUT2D eigenvalue weighted by atomic mass is 9.84. The monoisotopic (exact) mass is 372 g/mol. The van der Waals surface area contributed by atoms with Gasteiger partial charge in [0, 0.05) is 5.92 Å². The highest BCUT2D eigenvalue weighted by Gasteiger charge is 2.37. The number of hydrogen-bond acceptors (Lipinski definition) is 6. The molecule has 1 fully saturated rings. The Balaban J connectivity index is 1.79. The molecule has 1 N–H and O–H groups in total. The Morgan fingerprint density at radius 1 is 1.00 bits per heavy atom. The van der Waals surface area contributed by atoms with E-state index in [4.69, 9.17) is 18.9 Å². The van der Waals surface area contributed by atoms with E-state index in [0.717, 1.165) is 5.56 Å². The molecule has 3 rings (SSSR count). The smallest absolute Gasteiger partial charge is 0.309 e. The summed E-state index contributed by atoms with van der Waals surface area (Å²) in [4.78, 5) is 12.3. The van der Waals surface area contributed by atoms with Crippen LogP contribution < -0.4 is 14.2 Å². The quantitative estimate of drug-likeness (QED) is 0.753. The minimum absolute atomic E-state index is 0.0150. The van der Waals surface area contributed by atoms with Crippen molar-refractivity contribution in [3.05, 3.63) is 47.5 Å². The molecule has 1 aliphatic rings. The van der Waals surface area contributed by atoms with Gasteiger partial charge in [-0.2, -0.15) is 0 Å². The van der Waals surface area contributed by atoms with E-state index in [1.54, 1.807) is 32.4 Å². The fraction of sp³-hybridized carbons (Fsp3) is 0.381. The lowest BCUT2D eigenvalue weighted by Crippen LogP contribution is -2.20. The molecule has 6 nitrogen and oxygen atoms in total. The van der Waals surface area contributed by atoms with Gasteiger partial charge in [0.1, 0.15) is 0 Å². The van der Waals surface area contributed by atoms with Crippen LogP contribution in [0.1, 0.15) is 11.1 Å². The topological polar surface area (TPSA) is 74.2 Å². The molecular formula is C21H24O6. The summed E-state index contributed by atoms with van der Waals surface area (Å²) in [6, 6.07) is 11.0. The fourth-order valence-corrected chi connectivity index (χ4v) is 3.50. The van der Waals surface area contributed by atoms with E-state index in [-0.39, 0.29) is 23.6 Å². The average molecular weight is 372 g/mol. The molecule has 1 heterocycles. The van der Waals surface area contributed by atoms with Gasteiger partial charge in [-0.25, -0.2) is 0 Å². The maximum absolute atomic E-state index is 12.3. The first-order chi connectivity index (χ1) is 13.1. The van der Waals surface area contributed by atoms with Gasteiger partial charge in [-0.3, -0.25) is 4.79 Å². The van der Waals surface area contributed by atoms with Crippen molar-refractivity contribution in [2.45, 2.75) is 12.8 Å². The summed E-state index contributed by atoms with van der Waals surface area (Å²) in [5, 5.41) is 10.3. The van der Waals surface area contributed by atoms with Crippen molar-refractivity contribution < 1.29 is 28.8 Å². The normalized spacial score (nSPS) is 18.9. The van der Waals surface area contributed by atoms with Crippen molar-refractivity contribution >= 4 is 5.97 Å². The molecule has 1 saturated heterocycles. The largest absolute Gasteiger partial charge is 0.504 e. The van der Waals surface area contributed by atoms with Crippen LogP contribution in [0.2, 0.25) is 0 Å². The summed E-state index contributed by atoms with van der Waals surface area (Å²) in [7, 11) is 4.69. The zero-order valence-electron chi connectivity index (χ0n) is 15.7. The van der Waals surface area contributed by atoms with E-state index in [0.29, 0.717) is 42.3 Å². The van der Waals surface area contributed by atoms with E-state index in [1.165, 1.54) is 7.11 Å². The minimum atomic E-state index is -0.323. The van der Waals surface area contributed by atoms with Gasteiger partial charge < -0.3 is 24.1 Å². The van der Waals surface area contributed by atoms with Gasteiger partial charge in [0.25, 0.3) is 0 Å². The molecule has 2 aromatic carbocycles. The maximum Gasteiger partial charge on any atom is 0.309 e. The van der Waals surface area contributed by atoms with Crippen LogP contribution in [-0.2, 0) is 22.4 Å². The summed E-state index contributed by atoms with van der Waals surface area (Å²) in [5.74, 6) is 1.25. The Morgan fingerprint density at radius 3 is 2.44 bits per heavy atom. The van der Waals surface area contributed by atoms with Crippen molar-refractivity contribution in [2.24, 2.45) is 11.8 Å². The van der Waals surface area contributed by atoms with Crippen molar-refractivity contribution in [2.75, 3.05) is 27.9 Å². The Bertz CT molecular complexity index is 816. The van der Waals surface area contributed by atoms with E-state index in [1.807, 2.05) is 18.2 Å². The molecule has 144 valence electrons. The number of cyclic esters (lactones) is 1. The van der Waals surface area contributed by atoms with Gasteiger partial charge in [0.05, 0.1) is 33.9 Å². The van der Waals surface area contributed by atoms with Crippen LogP contribution in [0, 0.1) is 11.8 Å². The van der Waals surface area contributed by atoms with Gasteiger partial charge in [0.2, 0.25) is 0 Å². The highest BCUT2D eigenvalue weighted by molar-refractivity contribution is 5.75. The number of esters is 1. The van der Waals surface area contributed by atoms with Gasteiger partial charge in [0.15, 0.2) is 23.0 Å². The standard InChI is InChI=1S/C21H24O6/c1-24-17-8-7-13(10-19(17)26-3)9-15-12-27-21(23)16(15)11-14-5-4-6-18(25-2)20(14)22/h4-8,10,15-16,22H,9,11-12H2,1-3H3. The molecule has 2 aromatic rings. The molecule has 0 aromatic heterocycles. The number of ether oxygens (including phenoxy) is 4. The van der Waals surface area contributed by atoms with Gasteiger partial charge in [-0.05, 0) is 42.2 Å². The van der Waals surface area contributed by atoms with Crippen LogP contribution in [0.25, 0.3) is 0 Å². The first kappa shape index (κ1) is 18.9. The number of methoxy groups -OCH3 is 3. The minimum Gasteiger partial charge on any atom is -0.504 e. The third-order valence-electron chi connectivity index (χ3n) is 5.00. The molecule has 6 heteroatoms. The van der Waals surface area contributed by atoms with Gasteiger partial charge in [-0.1, -0.05) is 18.2 Å². The predicted octanol–water partition coefficient (Wildman–Crippen LogP) is 2.99. The number of aromatic hydroxyl groups is 1. The molecule has 0 radical (unpaired) electrons. The van der Waals surface area contributed by atoms with Crippen molar-refractivity contribution in [3.8, 4) is 23.0 Å². The molecule has 0 spiro atoms. The number of carbonyl (C=O) groups excluding carboxylic acids is 1. The number of benzene rings is 2. The lowest BCUT2D eigenvalue weighted by Gasteiger charge is -2.17. The third kappa shape index (κ3) is 3.94. The molecule has 0 bridgehead atoms. The van der Waals surface area contributed by atoms with Crippen LogP contribution in [0.4, 0.5) is 0 Å². The number of phenols is 1. The molecular weight excluding hydrogens is 348 g/mol. The number of phenolic OH excluding ortho intramolecular Hbond substituents is 1. The zero-order chi connectivity index (χ0) is 19.4. The number of hydrogen-bond donors (Lipinski definition) is 1. The second kappa shape index (κ2) is 8.20. The first-order valence-electron chi connectivity index (χ1n) is 8.79. The molecule has 2 atom stereocenters. The van der Waals surface area contributed by atoms with Crippen LogP contribution in [0.15, 0.2) is 36.4 Å². The zero-order valence-corrected chi connectivity index (χ0v) is 15.7. The fourth-order valence-electron chi connectivity index (χ4n) is 3.50. The average Bonchev–Trinajstić information content (AvgIpc) is 3.02. The summed E-state index contributed by atoms with van der Waals surface area (Å²) in [6.45, 7) is 0.364. The summed E-state index contributed by atoms with van der Waals surface area (Å²) >= 11 is 0. The number of para-hydroxylation sites is 1. The second-order valence-electron chi connectivity index (χ2n) is 6.56. The van der Waals surface area contributed by atoms with E-state index >= 15 is 0 Å². The molecule has 0 aliphatic carbocycles. The molecule has 1 aliphatic heterocycles. The number of carbonyl (C=O) groups is 1. The van der Waals surface area contributed by atoms with Crippen LogP contribution >= 0.6 is 0 Å². The van der Waals surface area contributed by atoms with E-state index < -0.39 is 0 Å². The van der Waals surface area contributed by atoms with Gasteiger partial charge >= 0.3 is 5.97 Å². The predicted molar refractivity (Wildman–Crippen MR) is 99.6 cm³/mol. The molecule has 0 saturated carbocycles. The molecule has 0 amide bonds. The first-order valence-corrected chi connectivity index (χ1v) is 8.79. The van der Waals surface area contributed by atoms with Crippen LogP contribution in [-0.4, -0.2) is 39.0 Å². The maximum atomic E-state index is 12.3. The Hall–Kier alpha value is -2.89. The molecule has 2 unspecified atom stereocenters. The van der Waals surface area contributed by atoms with Crippen molar-refractivity contribution in [3.63, 3.8) is 0 Å². The highest BCUT2D eigenvalue weighted by Crippen LogP contribution is 2.36. The molecule has 27 heavy (non-hydrogen) atoms. The summed E-state index contributed by atoms with van der Waals surface area (Å²) in [5.41, 5.74) is 1.71. The Kier molecular flexibility index (Phi) is 5.74. The summed E-state index contributed by atoms with van der Waals surface area (Å²) < 4.78 is 21.1. The second-order valence-corrected chi connectivity index (χ2v) is 6.56. The third-order valence-corrected chi connectivity index (χ3v) is 5.00. The Labute approximate surface area is 158 Å². The van der Waals surface area contributed by atoms with E-state index in [9.17, 15) is 9.90 Å². The summed E-state index contributed by atoms with van der Waals surface area (Å²) in [6.07, 6.45) is 1.07. The SMILES string of the molecule is COc1ccc(CC2COC(=O)C2Cc2cccc(OC)c2O)cc1OC. The number of rotatable bonds is 7. The van der Waals surface area contributed by atoms with Crippen molar-refractivity contribution in [1.82, 2.24) is 0 Å². The van der Waals surface area contributed by atoms with Crippen molar-refractivity contribution in [1.29, 1.82) is 0 Å².